The highest BCUT2D eigenvalue weighted by Gasteiger charge is 2.12. The number of benzene rings is 1. The van der Waals surface area contributed by atoms with Gasteiger partial charge < -0.3 is 5.32 Å². The number of aromatic nitrogens is 1. The fraction of sp³-hybridized carbons (Fsp3) is 0.143. The molecule has 19 heavy (non-hydrogen) atoms. The van der Waals surface area contributed by atoms with Crippen molar-refractivity contribution in [2.24, 2.45) is 0 Å². The first-order chi connectivity index (χ1) is 9.11. The van der Waals surface area contributed by atoms with E-state index in [9.17, 15) is 4.79 Å². The number of aryl methyl sites for hydroxylation is 1. The standard InChI is InChI=1S/C14H13ClN2OS/c1-9-11(7-8-13(15)16-9)17-14(18)10-5-3-4-6-12(10)19-2/h3-8H,1-2H3,(H,17,18). The molecule has 0 radical (unpaired) electrons. The predicted octanol–water partition coefficient (Wildman–Crippen LogP) is 4.02. The molecular weight excluding hydrogens is 280 g/mol. The quantitative estimate of drug-likeness (QED) is 0.686. The molecule has 0 bridgehead atoms. The minimum absolute atomic E-state index is 0.142. The molecule has 0 aliphatic rings. The number of rotatable bonds is 3. The van der Waals surface area contributed by atoms with Gasteiger partial charge in [-0.2, -0.15) is 0 Å². The molecule has 2 rings (SSSR count). The van der Waals surface area contributed by atoms with Crippen molar-refractivity contribution in [3.63, 3.8) is 0 Å². The number of thioether (sulfide) groups is 1. The number of hydrogen-bond donors (Lipinski definition) is 1. The Labute approximate surface area is 121 Å². The van der Waals surface area contributed by atoms with Crippen LogP contribution in [-0.2, 0) is 0 Å². The van der Waals surface area contributed by atoms with Gasteiger partial charge in [-0.15, -0.1) is 11.8 Å². The van der Waals surface area contributed by atoms with Gasteiger partial charge in [-0.1, -0.05) is 23.7 Å². The summed E-state index contributed by atoms with van der Waals surface area (Å²) < 4.78 is 0. The molecule has 3 nitrogen and oxygen atoms in total. The second-order valence-corrected chi connectivity index (χ2v) is 5.16. The largest absolute Gasteiger partial charge is 0.320 e. The molecule has 5 heteroatoms. The van der Waals surface area contributed by atoms with Gasteiger partial charge in [0.25, 0.3) is 5.91 Å². The van der Waals surface area contributed by atoms with Crippen molar-refractivity contribution in [3.05, 3.63) is 52.8 Å². The molecule has 0 saturated heterocycles. The van der Waals surface area contributed by atoms with Crippen LogP contribution in [0.2, 0.25) is 5.15 Å². The molecule has 1 N–H and O–H groups in total. The van der Waals surface area contributed by atoms with Crippen LogP contribution in [0.25, 0.3) is 0 Å². The fourth-order valence-corrected chi connectivity index (χ4v) is 2.47. The van der Waals surface area contributed by atoms with Crippen LogP contribution in [0.3, 0.4) is 0 Å². The Hall–Kier alpha value is -1.52. The van der Waals surface area contributed by atoms with E-state index in [-0.39, 0.29) is 5.91 Å². The van der Waals surface area contributed by atoms with Crippen molar-refractivity contribution in [2.45, 2.75) is 11.8 Å². The zero-order valence-corrected chi connectivity index (χ0v) is 12.2. The third kappa shape index (κ3) is 3.28. The molecule has 0 unspecified atom stereocenters. The summed E-state index contributed by atoms with van der Waals surface area (Å²) in [7, 11) is 0. The zero-order chi connectivity index (χ0) is 13.8. The van der Waals surface area contributed by atoms with Gasteiger partial charge >= 0.3 is 0 Å². The van der Waals surface area contributed by atoms with Crippen LogP contribution >= 0.6 is 23.4 Å². The van der Waals surface area contributed by atoms with Crippen molar-refractivity contribution in [3.8, 4) is 0 Å². The van der Waals surface area contributed by atoms with E-state index in [1.807, 2.05) is 31.4 Å². The summed E-state index contributed by atoms with van der Waals surface area (Å²) in [5.74, 6) is -0.142. The first-order valence-electron chi connectivity index (χ1n) is 5.69. The van der Waals surface area contributed by atoms with Crippen molar-refractivity contribution in [1.29, 1.82) is 0 Å². The van der Waals surface area contributed by atoms with E-state index in [1.165, 1.54) is 0 Å². The number of hydrogen-bond acceptors (Lipinski definition) is 3. The van der Waals surface area contributed by atoms with Crippen LogP contribution in [0.5, 0.6) is 0 Å². The summed E-state index contributed by atoms with van der Waals surface area (Å²) >= 11 is 7.33. The van der Waals surface area contributed by atoms with E-state index in [0.717, 1.165) is 4.90 Å². The third-order valence-electron chi connectivity index (χ3n) is 2.65. The van der Waals surface area contributed by atoms with Gasteiger partial charge in [0, 0.05) is 4.90 Å². The molecule has 2 aromatic rings. The Morgan fingerprint density at radius 2 is 2.00 bits per heavy atom. The average Bonchev–Trinajstić information content (AvgIpc) is 2.41. The van der Waals surface area contributed by atoms with Gasteiger partial charge in [0.2, 0.25) is 0 Å². The topological polar surface area (TPSA) is 42.0 Å². The van der Waals surface area contributed by atoms with E-state index in [1.54, 1.807) is 30.0 Å². The highest BCUT2D eigenvalue weighted by atomic mass is 35.5. The van der Waals surface area contributed by atoms with Gasteiger partial charge in [-0.3, -0.25) is 4.79 Å². The summed E-state index contributed by atoms with van der Waals surface area (Å²) in [6.07, 6.45) is 1.95. The summed E-state index contributed by atoms with van der Waals surface area (Å²) in [4.78, 5) is 17.3. The van der Waals surface area contributed by atoms with Crippen LogP contribution < -0.4 is 5.32 Å². The number of pyridine rings is 1. The smallest absolute Gasteiger partial charge is 0.256 e. The molecule has 98 valence electrons. The Kier molecular flexibility index (Phi) is 4.45. The molecule has 1 heterocycles. The lowest BCUT2D eigenvalue weighted by Gasteiger charge is -2.10. The van der Waals surface area contributed by atoms with Gasteiger partial charge in [0.1, 0.15) is 5.15 Å². The van der Waals surface area contributed by atoms with E-state index in [4.69, 9.17) is 11.6 Å². The normalized spacial score (nSPS) is 10.3. The van der Waals surface area contributed by atoms with Crippen molar-refractivity contribution < 1.29 is 4.79 Å². The minimum Gasteiger partial charge on any atom is -0.320 e. The van der Waals surface area contributed by atoms with Gasteiger partial charge in [-0.05, 0) is 37.4 Å². The van der Waals surface area contributed by atoms with Crippen LogP contribution in [0.1, 0.15) is 16.1 Å². The Balaban J connectivity index is 2.26. The monoisotopic (exact) mass is 292 g/mol. The summed E-state index contributed by atoms with van der Waals surface area (Å²) in [6, 6.07) is 10.9. The molecule has 0 spiro atoms. The molecule has 0 atom stereocenters. The summed E-state index contributed by atoms with van der Waals surface area (Å²) in [5, 5.41) is 3.27. The first kappa shape index (κ1) is 13.9. The maximum absolute atomic E-state index is 12.2. The Morgan fingerprint density at radius 3 is 2.68 bits per heavy atom. The minimum atomic E-state index is -0.142. The zero-order valence-electron chi connectivity index (χ0n) is 10.6. The summed E-state index contributed by atoms with van der Waals surface area (Å²) in [5.41, 5.74) is 2.03. The second kappa shape index (κ2) is 6.08. The molecule has 1 aromatic carbocycles. The van der Waals surface area contributed by atoms with Crippen molar-refractivity contribution >= 4 is 35.0 Å². The van der Waals surface area contributed by atoms with Gasteiger partial charge in [-0.25, -0.2) is 4.98 Å². The number of carbonyl (C=O) groups excluding carboxylic acids is 1. The lowest BCUT2D eigenvalue weighted by molar-refractivity contribution is 0.102. The van der Waals surface area contributed by atoms with E-state index in [0.29, 0.717) is 22.1 Å². The molecule has 0 saturated carbocycles. The number of nitrogens with zero attached hydrogens (tertiary/aromatic N) is 1. The molecule has 0 aliphatic heterocycles. The number of anilines is 1. The number of halogens is 1. The van der Waals surface area contributed by atoms with Gasteiger partial charge in [0.05, 0.1) is 16.9 Å². The molecule has 1 aromatic heterocycles. The third-order valence-corrected chi connectivity index (χ3v) is 3.66. The van der Waals surface area contributed by atoms with Crippen molar-refractivity contribution in [2.75, 3.05) is 11.6 Å². The maximum atomic E-state index is 12.2. The highest BCUT2D eigenvalue weighted by Crippen LogP contribution is 2.22. The molecule has 1 amide bonds. The van der Waals surface area contributed by atoms with Crippen LogP contribution in [0, 0.1) is 6.92 Å². The first-order valence-corrected chi connectivity index (χ1v) is 7.29. The number of carbonyl (C=O) groups is 1. The van der Waals surface area contributed by atoms with Crippen LogP contribution in [0.4, 0.5) is 5.69 Å². The van der Waals surface area contributed by atoms with E-state index >= 15 is 0 Å². The molecule has 0 fully saturated rings. The van der Waals surface area contributed by atoms with Crippen LogP contribution in [-0.4, -0.2) is 17.1 Å². The van der Waals surface area contributed by atoms with Crippen LogP contribution in [0.15, 0.2) is 41.3 Å². The number of nitrogens with one attached hydrogen (secondary N) is 1. The Bertz CT molecular complexity index is 616. The predicted molar refractivity (Wildman–Crippen MR) is 80.2 cm³/mol. The molecular formula is C14H13ClN2OS. The summed E-state index contributed by atoms with van der Waals surface area (Å²) in [6.45, 7) is 1.81. The van der Waals surface area contributed by atoms with Crippen molar-refractivity contribution in [1.82, 2.24) is 4.98 Å². The second-order valence-electron chi connectivity index (χ2n) is 3.92. The highest BCUT2D eigenvalue weighted by molar-refractivity contribution is 7.98. The van der Waals surface area contributed by atoms with E-state index in [2.05, 4.69) is 10.3 Å². The lowest BCUT2D eigenvalue weighted by Crippen LogP contribution is -2.14. The maximum Gasteiger partial charge on any atom is 0.256 e. The number of amides is 1. The fourth-order valence-electron chi connectivity index (χ4n) is 1.68. The van der Waals surface area contributed by atoms with E-state index < -0.39 is 0 Å². The van der Waals surface area contributed by atoms with Gasteiger partial charge in [0.15, 0.2) is 0 Å². The SMILES string of the molecule is CSc1ccccc1C(=O)Nc1ccc(Cl)nc1C. The molecule has 0 aliphatic carbocycles. The Morgan fingerprint density at radius 1 is 1.26 bits per heavy atom. The average molecular weight is 293 g/mol. The lowest BCUT2D eigenvalue weighted by atomic mass is 10.2.